The molecule has 1 saturated heterocycles. The predicted octanol–water partition coefficient (Wildman–Crippen LogP) is 3.66. The first-order chi connectivity index (χ1) is 11.7. The number of nitrogens with zero attached hydrogens (tertiary/aromatic N) is 1. The van der Waals surface area contributed by atoms with Crippen LogP contribution in [0.2, 0.25) is 0 Å². The first kappa shape index (κ1) is 18.1. The van der Waals surface area contributed by atoms with Crippen molar-refractivity contribution in [1.82, 2.24) is 10.2 Å². The summed E-state index contributed by atoms with van der Waals surface area (Å²) < 4.78 is 10.5. The van der Waals surface area contributed by atoms with E-state index in [1.165, 1.54) is 0 Å². The van der Waals surface area contributed by atoms with Crippen LogP contribution in [0.15, 0.2) is 30.3 Å². The van der Waals surface area contributed by atoms with E-state index in [4.69, 9.17) is 9.47 Å². The van der Waals surface area contributed by atoms with Crippen LogP contribution < -0.4 is 5.32 Å². The van der Waals surface area contributed by atoms with E-state index in [1.807, 2.05) is 37.3 Å². The quantitative estimate of drug-likeness (QED) is 0.806. The van der Waals surface area contributed by atoms with E-state index in [9.17, 15) is 9.59 Å². The molecule has 0 saturated carbocycles. The van der Waals surface area contributed by atoms with E-state index < -0.39 is 12.2 Å². The summed E-state index contributed by atoms with van der Waals surface area (Å²) in [6.45, 7) is 3.23. The van der Waals surface area contributed by atoms with Gasteiger partial charge in [-0.05, 0) is 31.2 Å². The smallest absolute Gasteiger partial charge is 0.411 e. The van der Waals surface area contributed by atoms with Gasteiger partial charge in [0.05, 0.1) is 6.61 Å². The van der Waals surface area contributed by atoms with Crippen LogP contribution in [-0.4, -0.2) is 36.4 Å². The lowest BCUT2D eigenvalue weighted by Crippen LogP contribution is -2.53. The van der Waals surface area contributed by atoms with Crippen LogP contribution in [-0.2, 0) is 16.1 Å². The summed E-state index contributed by atoms with van der Waals surface area (Å²) in [5.41, 5.74) is 0.936. The Hall–Kier alpha value is -2.24. The standard InChI is InChI=1S/C18H26N2O4/c1-2-3-13-23-17(21)19-16-11-7-8-12-20(16)18(22)24-14-15-9-5-4-6-10-15/h4-6,9-10,16H,2-3,7-8,11-14H2,1H3,(H,19,21). The molecule has 0 aliphatic carbocycles. The zero-order valence-corrected chi connectivity index (χ0v) is 14.2. The lowest BCUT2D eigenvalue weighted by Gasteiger charge is -2.34. The summed E-state index contributed by atoms with van der Waals surface area (Å²) in [4.78, 5) is 25.7. The fraction of sp³-hybridized carbons (Fsp3) is 0.556. The number of piperidine rings is 1. The van der Waals surface area contributed by atoms with Crippen LogP contribution in [0.25, 0.3) is 0 Å². The van der Waals surface area contributed by atoms with Crippen LogP contribution in [0.5, 0.6) is 0 Å². The topological polar surface area (TPSA) is 67.9 Å². The zero-order chi connectivity index (χ0) is 17.2. The molecule has 6 heteroatoms. The van der Waals surface area contributed by atoms with Crippen molar-refractivity contribution in [2.45, 2.75) is 51.8 Å². The highest BCUT2D eigenvalue weighted by molar-refractivity contribution is 5.71. The minimum absolute atomic E-state index is 0.226. The number of amides is 2. The summed E-state index contributed by atoms with van der Waals surface area (Å²) >= 11 is 0. The Morgan fingerprint density at radius 3 is 2.75 bits per heavy atom. The Bertz CT molecular complexity index is 521. The van der Waals surface area contributed by atoms with Gasteiger partial charge < -0.3 is 14.8 Å². The number of likely N-dealkylation sites (tertiary alicyclic amines) is 1. The van der Waals surface area contributed by atoms with Gasteiger partial charge >= 0.3 is 12.2 Å². The number of alkyl carbamates (subject to hydrolysis) is 1. The summed E-state index contributed by atoms with van der Waals surface area (Å²) in [6, 6.07) is 9.54. The monoisotopic (exact) mass is 334 g/mol. The number of carbonyl (C=O) groups is 2. The Morgan fingerprint density at radius 2 is 2.00 bits per heavy atom. The molecule has 1 aliphatic rings. The number of unbranched alkanes of at least 4 members (excludes halogenated alkanes) is 1. The molecule has 0 radical (unpaired) electrons. The first-order valence-electron chi connectivity index (χ1n) is 8.61. The second-order valence-corrected chi connectivity index (χ2v) is 5.88. The largest absolute Gasteiger partial charge is 0.450 e. The van der Waals surface area contributed by atoms with Gasteiger partial charge in [-0.25, -0.2) is 9.59 Å². The molecule has 6 nitrogen and oxygen atoms in total. The second-order valence-electron chi connectivity index (χ2n) is 5.88. The number of hydrogen-bond acceptors (Lipinski definition) is 4. The van der Waals surface area contributed by atoms with Gasteiger partial charge in [0.25, 0.3) is 0 Å². The van der Waals surface area contributed by atoms with E-state index in [-0.39, 0.29) is 12.8 Å². The average molecular weight is 334 g/mol. The third kappa shape index (κ3) is 5.76. The number of benzene rings is 1. The van der Waals surface area contributed by atoms with Gasteiger partial charge in [-0.1, -0.05) is 43.7 Å². The van der Waals surface area contributed by atoms with Crippen molar-refractivity contribution in [2.75, 3.05) is 13.2 Å². The van der Waals surface area contributed by atoms with Gasteiger partial charge in [-0.2, -0.15) is 0 Å². The van der Waals surface area contributed by atoms with E-state index >= 15 is 0 Å². The summed E-state index contributed by atoms with van der Waals surface area (Å²) in [7, 11) is 0. The molecule has 0 bridgehead atoms. The Labute approximate surface area is 143 Å². The second kappa shape index (κ2) is 9.80. The number of hydrogen-bond donors (Lipinski definition) is 1. The number of nitrogens with one attached hydrogen (secondary N) is 1. The number of carbonyl (C=O) groups excluding carboxylic acids is 2. The summed E-state index contributed by atoms with van der Waals surface area (Å²) in [6.07, 6.45) is 3.13. The molecule has 1 aromatic rings. The van der Waals surface area contributed by atoms with Crippen molar-refractivity contribution in [3.8, 4) is 0 Å². The highest BCUT2D eigenvalue weighted by Crippen LogP contribution is 2.17. The van der Waals surface area contributed by atoms with Gasteiger partial charge in [0.15, 0.2) is 0 Å². The van der Waals surface area contributed by atoms with Crippen LogP contribution in [0.1, 0.15) is 44.6 Å². The van der Waals surface area contributed by atoms with Crippen LogP contribution in [0.4, 0.5) is 9.59 Å². The predicted molar refractivity (Wildman–Crippen MR) is 90.4 cm³/mol. The third-order valence-electron chi connectivity index (χ3n) is 3.96. The molecule has 1 aromatic carbocycles. The van der Waals surface area contributed by atoms with E-state index in [0.717, 1.165) is 31.2 Å². The molecule has 132 valence electrons. The first-order valence-corrected chi connectivity index (χ1v) is 8.61. The van der Waals surface area contributed by atoms with E-state index in [0.29, 0.717) is 19.6 Å². The molecular formula is C18H26N2O4. The van der Waals surface area contributed by atoms with Crippen LogP contribution in [0.3, 0.4) is 0 Å². The highest BCUT2D eigenvalue weighted by atomic mass is 16.6. The number of ether oxygens (including phenoxy) is 2. The molecule has 0 aromatic heterocycles. The zero-order valence-electron chi connectivity index (χ0n) is 14.2. The molecule has 1 atom stereocenters. The fourth-order valence-corrected chi connectivity index (χ4v) is 2.59. The number of rotatable bonds is 6. The highest BCUT2D eigenvalue weighted by Gasteiger charge is 2.29. The maximum absolute atomic E-state index is 12.3. The molecule has 1 heterocycles. The molecule has 2 rings (SSSR count). The lowest BCUT2D eigenvalue weighted by molar-refractivity contribution is 0.0559. The summed E-state index contributed by atoms with van der Waals surface area (Å²) in [5.74, 6) is 0. The molecule has 1 fully saturated rings. The maximum atomic E-state index is 12.3. The van der Waals surface area contributed by atoms with Crippen molar-refractivity contribution in [3.63, 3.8) is 0 Å². The van der Waals surface area contributed by atoms with Crippen molar-refractivity contribution in [1.29, 1.82) is 0 Å². The summed E-state index contributed by atoms with van der Waals surface area (Å²) in [5, 5.41) is 2.77. The molecule has 1 unspecified atom stereocenters. The van der Waals surface area contributed by atoms with Gasteiger partial charge in [0.1, 0.15) is 12.8 Å². The molecule has 0 spiro atoms. The minimum Gasteiger partial charge on any atom is -0.450 e. The van der Waals surface area contributed by atoms with Crippen LogP contribution >= 0.6 is 0 Å². The van der Waals surface area contributed by atoms with Crippen LogP contribution in [0, 0.1) is 0 Å². The van der Waals surface area contributed by atoms with E-state index in [1.54, 1.807) is 4.90 Å². The molecule has 1 aliphatic heterocycles. The Kier molecular flexibility index (Phi) is 7.39. The maximum Gasteiger partial charge on any atom is 0.411 e. The van der Waals surface area contributed by atoms with Crippen molar-refractivity contribution >= 4 is 12.2 Å². The minimum atomic E-state index is -0.476. The SMILES string of the molecule is CCCCOC(=O)NC1CCCCN1C(=O)OCc1ccccc1. The van der Waals surface area contributed by atoms with Crippen molar-refractivity contribution in [3.05, 3.63) is 35.9 Å². The molecular weight excluding hydrogens is 308 g/mol. The average Bonchev–Trinajstić information content (AvgIpc) is 2.61. The fourth-order valence-electron chi connectivity index (χ4n) is 2.59. The molecule has 1 N–H and O–H groups in total. The normalized spacial score (nSPS) is 17.2. The van der Waals surface area contributed by atoms with Crippen molar-refractivity contribution < 1.29 is 19.1 Å². The van der Waals surface area contributed by atoms with Gasteiger partial charge in [0, 0.05) is 6.54 Å². The molecule has 24 heavy (non-hydrogen) atoms. The van der Waals surface area contributed by atoms with Gasteiger partial charge in [-0.3, -0.25) is 4.90 Å². The third-order valence-corrected chi connectivity index (χ3v) is 3.96. The molecule has 2 amide bonds. The van der Waals surface area contributed by atoms with E-state index in [2.05, 4.69) is 5.32 Å². The Morgan fingerprint density at radius 1 is 1.21 bits per heavy atom. The lowest BCUT2D eigenvalue weighted by atomic mass is 10.1. The Balaban J connectivity index is 1.83. The van der Waals surface area contributed by atoms with Crippen molar-refractivity contribution in [2.24, 2.45) is 0 Å². The van der Waals surface area contributed by atoms with Gasteiger partial charge in [-0.15, -0.1) is 0 Å². The van der Waals surface area contributed by atoms with Gasteiger partial charge in [0.2, 0.25) is 0 Å².